The molecule has 2 N–H and O–H groups in total. The number of anilines is 1. The molecule has 0 aliphatic heterocycles. The van der Waals surface area contributed by atoms with Crippen molar-refractivity contribution in [3.05, 3.63) is 18.2 Å². The maximum atomic E-state index is 5.48. The van der Waals surface area contributed by atoms with Gasteiger partial charge < -0.3 is 5.73 Å². The highest BCUT2D eigenvalue weighted by molar-refractivity contribution is 5.30. The van der Waals surface area contributed by atoms with E-state index in [1.807, 2.05) is 0 Å². The van der Waals surface area contributed by atoms with E-state index in [-0.39, 0.29) is 0 Å². The number of nitrogens with two attached hydrogens (primary N) is 1. The largest absolute Gasteiger partial charge is 0.396 e. The molecule has 1 aromatic heterocycles. The quantitative estimate of drug-likeness (QED) is 0.744. The third kappa shape index (κ3) is 1.94. The second-order valence-electron chi connectivity index (χ2n) is 2.89. The summed E-state index contributed by atoms with van der Waals surface area (Å²) >= 11 is 0. The molecule has 0 radical (unpaired) electrons. The topological polar surface area (TPSA) is 51.8 Å². The molecule has 0 fully saturated rings. The number of hydrogen-bond donors (Lipinski definition) is 1. The lowest BCUT2D eigenvalue weighted by Gasteiger charge is -2.09. The molecular weight excluding hydrogens is 150 g/mol. The molecule has 0 saturated heterocycles. The minimum Gasteiger partial charge on any atom is -0.396 e. The van der Waals surface area contributed by atoms with Crippen LogP contribution >= 0.6 is 0 Å². The minimum atomic E-state index is 0.477. The zero-order chi connectivity index (χ0) is 8.97. The molecule has 0 saturated carbocycles. The van der Waals surface area contributed by atoms with Crippen molar-refractivity contribution in [3.8, 4) is 0 Å². The normalized spacial score (nSPS) is 10.6. The average molecular weight is 165 g/mol. The van der Waals surface area contributed by atoms with E-state index in [4.69, 9.17) is 5.73 Å². The number of rotatable bonds is 3. The lowest BCUT2D eigenvalue weighted by atomic mass is 10.0. The van der Waals surface area contributed by atoms with E-state index in [9.17, 15) is 0 Å². The zero-order valence-corrected chi connectivity index (χ0v) is 7.62. The highest BCUT2D eigenvalue weighted by Gasteiger charge is 2.08. The summed E-state index contributed by atoms with van der Waals surface area (Å²) in [5.41, 5.74) is 6.11. The molecule has 0 atom stereocenters. The van der Waals surface area contributed by atoms with Gasteiger partial charge in [0.1, 0.15) is 5.82 Å². The zero-order valence-electron chi connectivity index (χ0n) is 7.62. The van der Waals surface area contributed by atoms with Crippen LogP contribution in [0.4, 0.5) is 5.69 Å². The second-order valence-corrected chi connectivity index (χ2v) is 2.89. The lowest BCUT2D eigenvalue weighted by molar-refractivity contribution is 0.602. The van der Waals surface area contributed by atoms with Crippen molar-refractivity contribution in [1.29, 1.82) is 0 Å². The van der Waals surface area contributed by atoms with Crippen molar-refractivity contribution in [2.45, 2.75) is 32.6 Å². The van der Waals surface area contributed by atoms with E-state index in [2.05, 4.69) is 23.8 Å². The summed E-state index contributed by atoms with van der Waals surface area (Å²) in [4.78, 5) is 8.37. The van der Waals surface area contributed by atoms with Crippen LogP contribution in [0.3, 0.4) is 0 Å². The lowest BCUT2D eigenvalue weighted by Crippen LogP contribution is -2.02. The average Bonchev–Trinajstić information content (AvgIpc) is 2.10. The van der Waals surface area contributed by atoms with Crippen molar-refractivity contribution in [3.63, 3.8) is 0 Å². The van der Waals surface area contributed by atoms with Gasteiger partial charge in [0.25, 0.3) is 0 Å². The predicted octanol–water partition coefficient (Wildman–Crippen LogP) is 1.96. The third-order valence-corrected chi connectivity index (χ3v) is 2.04. The van der Waals surface area contributed by atoms with Gasteiger partial charge in [-0.25, -0.2) is 9.97 Å². The Morgan fingerprint density at radius 2 is 1.75 bits per heavy atom. The molecule has 0 amide bonds. The van der Waals surface area contributed by atoms with E-state index < -0.39 is 0 Å². The summed E-state index contributed by atoms with van der Waals surface area (Å²) in [5.74, 6) is 1.39. The molecular formula is C9H15N3. The van der Waals surface area contributed by atoms with Crippen molar-refractivity contribution < 1.29 is 0 Å². The number of hydrogen-bond acceptors (Lipinski definition) is 3. The number of nitrogen functional groups attached to an aromatic ring is 1. The fraction of sp³-hybridized carbons (Fsp3) is 0.556. The molecule has 1 rings (SSSR count). The third-order valence-electron chi connectivity index (χ3n) is 2.04. The van der Waals surface area contributed by atoms with Gasteiger partial charge in [-0.15, -0.1) is 0 Å². The molecule has 1 heterocycles. The van der Waals surface area contributed by atoms with Crippen molar-refractivity contribution in [2.75, 3.05) is 5.73 Å². The van der Waals surface area contributed by atoms with Crippen LogP contribution in [0.2, 0.25) is 0 Å². The van der Waals surface area contributed by atoms with Crippen LogP contribution in [0.5, 0.6) is 0 Å². The molecule has 0 aliphatic rings. The maximum Gasteiger partial charge on any atom is 0.131 e. The van der Waals surface area contributed by atoms with E-state index in [0.717, 1.165) is 18.7 Å². The monoisotopic (exact) mass is 165 g/mol. The fourth-order valence-corrected chi connectivity index (χ4v) is 1.21. The van der Waals surface area contributed by atoms with Gasteiger partial charge in [-0.1, -0.05) is 13.8 Å². The van der Waals surface area contributed by atoms with E-state index in [1.165, 1.54) is 0 Å². The van der Waals surface area contributed by atoms with Crippen LogP contribution in [-0.4, -0.2) is 9.97 Å². The summed E-state index contributed by atoms with van der Waals surface area (Å²) in [6, 6.07) is 0. The Kier molecular flexibility index (Phi) is 3.02. The molecule has 1 aromatic rings. The summed E-state index contributed by atoms with van der Waals surface area (Å²) in [7, 11) is 0. The Balaban J connectivity index is 2.80. The highest BCUT2D eigenvalue weighted by atomic mass is 14.9. The van der Waals surface area contributed by atoms with Gasteiger partial charge in [0, 0.05) is 5.92 Å². The first-order chi connectivity index (χ1) is 5.77. The first-order valence-corrected chi connectivity index (χ1v) is 4.35. The Hall–Kier alpha value is -1.12. The van der Waals surface area contributed by atoms with Gasteiger partial charge in [0.2, 0.25) is 0 Å². The molecule has 3 heteroatoms. The van der Waals surface area contributed by atoms with Crippen molar-refractivity contribution in [1.82, 2.24) is 9.97 Å². The van der Waals surface area contributed by atoms with Crippen LogP contribution in [0.1, 0.15) is 38.4 Å². The van der Waals surface area contributed by atoms with Gasteiger partial charge >= 0.3 is 0 Å². The summed E-state index contributed by atoms with van der Waals surface area (Å²) in [6.45, 7) is 4.29. The molecule has 3 nitrogen and oxygen atoms in total. The van der Waals surface area contributed by atoms with Gasteiger partial charge in [0.15, 0.2) is 0 Å². The molecule has 0 aromatic carbocycles. The van der Waals surface area contributed by atoms with Gasteiger partial charge in [-0.05, 0) is 12.8 Å². The Morgan fingerprint density at radius 3 is 2.17 bits per heavy atom. The second kappa shape index (κ2) is 4.04. The first-order valence-electron chi connectivity index (χ1n) is 4.35. The Morgan fingerprint density at radius 1 is 1.25 bits per heavy atom. The van der Waals surface area contributed by atoms with Gasteiger partial charge in [0.05, 0.1) is 18.1 Å². The summed E-state index contributed by atoms with van der Waals surface area (Å²) in [5, 5.41) is 0. The molecule has 66 valence electrons. The number of nitrogens with zero attached hydrogens (tertiary/aromatic N) is 2. The SMILES string of the molecule is CCC(CC)c1ncc(N)cn1. The van der Waals surface area contributed by atoms with E-state index >= 15 is 0 Å². The van der Waals surface area contributed by atoms with Crippen LogP contribution < -0.4 is 5.73 Å². The van der Waals surface area contributed by atoms with Crippen molar-refractivity contribution in [2.24, 2.45) is 0 Å². The molecule has 0 unspecified atom stereocenters. The standard InChI is InChI=1S/C9H15N3/c1-3-7(4-2)9-11-5-8(10)6-12-9/h5-7H,3-4,10H2,1-2H3. The highest BCUT2D eigenvalue weighted by Crippen LogP contribution is 2.18. The molecule has 0 bridgehead atoms. The summed E-state index contributed by atoms with van der Waals surface area (Å²) in [6.07, 6.45) is 5.50. The Bertz CT molecular complexity index is 226. The summed E-state index contributed by atoms with van der Waals surface area (Å²) < 4.78 is 0. The first kappa shape index (κ1) is 8.97. The predicted molar refractivity (Wildman–Crippen MR) is 49.8 cm³/mol. The molecule has 0 spiro atoms. The van der Waals surface area contributed by atoms with E-state index in [0.29, 0.717) is 11.6 Å². The molecule has 0 aliphatic carbocycles. The smallest absolute Gasteiger partial charge is 0.131 e. The fourth-order valence-electron chi connectivity index (χ4n) is 1.21. The van der Waals surface area contributed by atoms with Crippen LogP contribution in [0, 0.1) is 0 Å². The molecule has 12 heavy (non-hydrogen) atoms. The van der Waals surface area contributed by atoms with Gasteiger partial charge in [-0.2, -0.15) is 0 Å². The van der Waals surface area contributed by atoms with Crippen LogP contribution in [0.15, 0.2) is 12.4 Å². The Labute approximate surface area is 73.0 Å². The number of aromatic nitrogens is 2. The van der Waals surface area contributed by atoms with Crippen LogP contribution in [0.25, 0.3) is 0 Å². The van der Waals surface area contributed by atoms with Crippen LogP contribution in [-0.2, 0) is 0 Å². The van der Waals surface area contributed by atoms with Gasteiger partial charge in [-0.3, -0.25) is 0 Å². The van der Waals surface area contributed by atoms with E-state index in [1.54, 1.807) is 12.4 Å². The van der Waals surface area contributed by atoms with Crippen molar-refractivity contribution >= 4 is 5.69 Å². The minimum absolute atomic E-state index is 0.477. The maximum absolute atomic E-state index is 5.48.